The molecule has 0 saturated heterocycles. The third-order valence-corrected chi connectivity index (χ3v) is 7.54. The fourth-order valence-corrected chi connectivity index (χ4v) is 6.08. The smallest absolute Gasteiger partial charge is 0.348 e. The minimum Gasteiger partial charge on any atom is -0.465 e. The van der Waals surface area contributed by atoms with Crippen LogP contribution in [0.5, 0.6) is 0 Å². The number of carbonyl (C=O) groups is 1. The molecule has 2 aromatic carbocycles. The number of esters is 1. The fourth-order valence-electron chi connectivity index (χ4n) is 4.98. The summed E-state index contributed by atoms with van der Waals surface area (Å²) in [6.07, 6.45) is 6.31. The van der Waals surface area contributed by atoms with Crippen LogP contribution in [0.15, 0.2) is 66.7 Å². The van der Waals surface area contributed by atoms with E-state index in [-0.39, 0.29) is 5.97 Å². The standard InChI is InChI=1S/C27H27NO2S/c1-30-27(29)23-17-22-24(20-13-7-3-8-14-20)25(21-15-9-4-10-16-21)28(26(22)31-23)18-19-11-5-2-6-12-19/h2,4-6,9-12,15-17,20H,3,7-8,13-14,18H2,1H3. The molecule has 158 valence electrons. The molecule has 1 aliphatic rings. The molecule has 1 saturated carbocycles. The molecule has 0 radical (unpaired) electrons. The Morgan fingerprint density at radius 3 is 2.35 bits per heavy atom. The zero-order chi connectivity index (χ0) is 21.2. The Balaban J connectivity index is 1.77. The van der Waals surface area contributed by atoms with Gasteiger partial charge >= 0.3 is 5.97 Å². The topological polar surface area (TPSA) is 31.2 Å². The summed E-state index contributed by atoms with van der Waals surface area (Å²) in [5, 5.41) is 1.23. The Labute approximate surface area is 187 Å². The molecule has 4 heteroatoms. The van der Waals surface area contributed by atoms with Crippen LogP contribution in [0.4, 0.5) is 0 Å². The lowest BCUT2D eigenvalue weighted by molar-refractivity contribution is 0.0606. The van der Waals surface area contributed by atoms with Gasteiger partial charge in [0.1, 0.15) is 9.71 Å². The minimum absolute atomic E-state index is 0.247. The van der Waals surface area contributed by atoms with Crippen molar-refractivity contribution in [3.8, 4) is 11.3 Å². The van der Waals surface area contributed by atoms with Crippen LogP contribution in [-0.2, 0) is 11.3 Å². The van der Waals surface area contributed by atoms with Crippen molar-refractivity contribution in [2.75, 3.05) is 7.11 Å². The van der Waals surface area contributed by atoms with E-state index in [2.05, 4.69) is 71.3 Å². The van der Waals surface area contributed by atoms with E-state index in [1.807, 2.05) is 0 Å². The molecule has 0 unspecified atom stereocenters. The first-order chi connectivity index (χ1) is 15.3. The van der Waals surface area contributed by atoms with Crippen molar-refractivity contribution in [1.29, 1.82) is 0 Å². The first kappa shape index (κ1) is 20.1. The van der Waals surface area contributed by atoms with Crippen LogP contribution >= 0.6 is 11.3 Å². The summed E-state index contributed by atoms with van der Waals surface area (Å²) < 4.78 is 7.49. The second-order valence-corrected chi connectivity index (χ2v) is 9.39. The highest BCUT2D eigenvalue weighted by Crippen LogP contribution is 2.46. The van der Waals surface area contributed by atoms with Crippen LogP contribution in [0.25, 0.3) is 21.5 Å². The predicted molar refractivity (Wildman–Crippen MR) is 128 cm³/mol. The number of nitrogens with zero attached hydrogens (tertiary/aromatic N) is 1. The Morgan fingerprint density at radius 2 is 1.68 bits per heavy atom. The van der Waals surface area contributed by atoms with Crippen LogP contribution in [0, 0.1) is 0 Å². The van der Waals surface area contributed by atoms with Gasteiger partial charge in [0, 0.05) is 11.9 Å². The van der Waals surface area contributed by atoms with E-state index < -0.39 is 0 Å². The molecule has 31 heavy (non-hydrogen) atoms. The number of methoxy groups -OCH3 is 1. The third-order valence-electron chi connectivity index (χ3n) is 6.40. The molecule has 1 fully saturated rings. The fraction of sp³-hybridized carbons (Fsp3) is 0.296. The van der Waals surface area contributed by atoms with Crippen LogP contribution in [0.2, 0.25) is 0 Å². The van der Waals surface area contributed by atoms with E-state index >= 15 is 0 Å². The number of hydrogen-bond donors (Lipinski definition) is 0. The van der Waals surface area contributed by atoms with Gasteiger partial charge < -0.3 is 9.30 Å². The number of rotatable bonds is 5. The van der Waals surface area contributed by atoms with E-state index in [1.165, 1.54) is 71.8 Å². The lowest BCUT2D eigenvalue weighted by atomic mass is 9.82. The molecule has 2 heterocycles. The zero-order valence-corrected chi connectivity index (χ0v) is 18.7. The molecule has 2 aromatic heterocycles. The maximum absolute atomic E-state index is 12.4. The number of aromatic nitrogens is 1. The molecule has 0 aliphatic heterocycles. The number of hydrogen-bond acceptors (Lipinski definition) is 3. The Morgan fingerprint density at radius 1 is 1.00 bits per heavy atom. The van der Waals surface area contributed by atoms with E-state index in [9.17, 15) is 4.79 Å². The van der Waals surface area contributed by atoms with E-state index in [0.717, 1.165) is 6.54 Å². The van der Waals surface area contributed by atoms with E-state index in [1.54, 1.807) is 11.3 Å². The van der Waals surface area contributed by atoms with E-state index in [0.29, 0.717) is 10.8 Å². The summed E-state index contributed by atoms with van der Waals surface area (Å²) in [4.78, 5) is 14.2. The van der Waals surface area contributed by atoms with Crippen molar-refractivity contribution in [2.24, 2.45) is 0 Å². The van der Waals surface area contributed by atoms with Gasteiger partial charge in [-0.15, -0.1) is 11.3 Å². The number of thiophene rings is 1. The first-order valence-corrected chi connectivity index (χ1v) is 11.9. The lowest BCUT2D eigenvalue weighted by Gasteiger charge is -2.24. The van der Waals surface area contributed by atoms with Crippen LogP contribution in [0.1, 0.15) is 58.8 Å². The van der Waals surface area contributed by atoms with Gasteiger partial charge in [-0.2, -0.15) is 0 Å². The van der Waals surface area contributed by atoms with Crippen molar-refractivity contribution in [3.63, 3.8) is 0 Å². The molecule has 0 amide bonds. The quantitative estimate of drug-likeness (QED) is 0.313. The minimum atomic E-state index is -0.247. The van der Waals surface area contributed by atoms with Gasteiger partial charge in [0.15, 0.2) is 0 Å². The summed E-state index contributed by atoms with van der Waals surface area (Å²) >= 11 is 1.56. The maximum atomic E-state index is 12.4. The Kier molecular flexibility index (Phi) is 5.65. The van der Waals surface area contributed by atoms with Crippen molar-refractivity contribution < 1.29 is 9.53 Å². The van der Waals surface area contributed by atoms with Gasteiger partial charge in [-0.25, -0.2) is 4.79 Å². The van der Waals surface area contributed by atoms with Crippen LogP contribution in [0.3, 0.4) is 0 Å². The monoisotopic (exact) mass is 429 g/mol. The van der Waals surface area contributed by atoms with Gasteiger partial charge in [-0.1, -0.05) is 79.9 Å². The zero-order valence-electron chi connectivity index (χ0n) is 17.8. The van der Waals surface area contributed by atoms with Crippen LogP contribution in [-0.4, -0.2) is 17.6 Å². The number of benzene rings is 2. The van der Waals surface area contributed by atoms with Gasteiger partial charge in [-0.05, 0) is 41.5 Å². The lowest BCUT2D eigenvalue weighted by Crippen LogP contribution is -2.08. The highest BCUT2D eigenvalue weighted by molar-refractivity contribution is 7.20. The highest BCUT2D eigenvalue weighted by Gasteiger charge is 2.28. The normalized spacial score (nSPS) is 14.7. The average molecular weight is 430 g/mol. The molecule has 0 spiro atoms. The first-order valence-electron chi connectivity index (χ1n) is 11.1. The van der Waals surface area contributed by atoms with Crippen molar-refractivity contribution in [1.82, 2.24) is 4.57 Å². The largest absolute Gasteiger partial charge is 0.465 e. The SMILES string of the molecule is COC(=O)c1cc2c(C3CCCCC3)c(-c3ccccc3)n(Cc3ccccc3)c2s1. The Bertz CT molecular complexity index is 1180. The van der Waals surface area contributed by atoms with Gasteiger partial charge in [0.05, 0.1) is 12.8 Å². The van der Waals surface area contributed by atoms with Gasteiger partial charge in [0.25, 0.3) is 0 Å². The van der Waals surface area contributed by atoms with Crippen LogP contribution < -0.4 is 0 Å². The second-order valence-electron chi connectivity index (χ2n) is 8.36. The summed E-state index contributed by atoms with van der Waals surface area (Å²) in [6.45, 7) is 0.787. The van der Waals surface area contributed by atoms with E-state index in [4.69, 9.17) is 4.74 Å². The van der Waals surface area contributed by atoms with Crippen molar-refractivity contribution >= 4 is 27.5 Å². The molecule has 0 bridgehead atoms. The average Bonchev–Trinajstić information content (AvgIpc) is 3.38. The molecular weight excluding hydrogens is 402 g/mol. The van der Waals surface area contributed by atoms with Crippen molar-refractivity contribution in [2.45, 2.75) is 44.6 Å². The molecule has 0 atom stereocenters. The summed E-state index contributed by atoms with van der Waals surface area (Å²) in [7, 11) is 1.46. The highest BCUT2D eigenvalue weighted by atomic mass is 32.1. The predicted octanol–water partition coefficient (Wildman–Crippen LogP) is 7.25. The number of carbonyl (C=O) groups excluding carboxylic acids is 1. The summed E-state index contributed by atoms with van der Waals surface area (Å²) in [5.41, 5.74) is 5.25. The summed E-state index contributed by atoms with van der Waals surface area (Å²) in [5.74, 6) is 0.284. The molecule has 3 nitrogen and oxygen atoms in total. The van der Waals surface area contributed by atoms with Gasteiger partial charge in [0.2, 0.25) is 0 Å². The van der Waals surface area contributed by atoms with Crippen molar-refractivity contribution in [3.05, 3.63) is 82.7 Å². The third kappa shape index (κ3) is 3.81. The molecule has 1 aliphatic carbocycles. The summed E-state index contributed by atoms with van der Waals surface area (Å²) in [6, 6.07) is 23.4. The Hall–Kier alpha value is -2.85. The maximum Gasteiger partial charge on any atom is 0.348 e. The molecule has 5 rings (SSSR count). The second kappa shape index (κ2) is 8.72. The molecule has 4 aromatic rings. The molecular formula is C27H27NO2S. The number of ether oxygens (including phenoxy) is 1. The van der Waals surface area contributed by atoms with Gasteiger partial charge in [-0.3, -0.25) is 0 Å². The number of fused-ring (bicyclic) bond motifs is 1. The molecule has 0 N–H and O–H groups in total.